The lowest BCUT2D eigenvalue weighted by Gasteiger charge is -2.26. The second-order valence-corrected chi connectivity index (χ2v) is 10.4. The van der Waals surface area contributed by atoms with Gasteiger partial charge in [-0.1, -0.05) is 45.6 Å². The predicted molar refractivity (Wildman–Crippen MR) is 132 cm³/mol. The zero-order valence-corrected chi connectivity index (χ0v) is 21.9. The first-order valence-electron chi connectivity index (χ1n) is 12.1. The third kappa shape index (κ3) is 6.03. The quantitative estimate of drug-likeness (QED) is 0.451. The van der Waals surface area contributed by atoms with Gasteiger partial charge in [-0.05, 0) is 49.6 Å². The van der Waals surface area contributed by atoms with Crippen LogP contribution in [0.15, 0.2) is 33.5 Å². The third-order valence-electron chi connectivity index (χ3n) is 6.13. The van der Waals surface area contributed by atoms with Crippen LogP contribution in [0.25, 0.3) is 11.0 Å². The Bertz CT molecular complexity index is 1300. The van der Waals surface area contributed by atoms with Crippen LogP contribution in [0.4, 0.5) is 13.2 Å². The standard InChI is InChI=1S/C28H34F3NO4/c1-15(2)12-32(13-16(3)4)14-21-22(33)9-8-20-24(34)26(27(28(29,30)31)36-25(20)21)35-23-11-17(5)10-18(6)19(23)7/h8-11,15-16,33H,12-14H2,1-7H3. The summed E-state index contributed by atoms with van der Waals surface area (Å²) in [4.78, 5) is 14.4. The van der Waals surface area contributed by atoms with Gasteiger partial charge in [-0.2, -0.15) is 13.2 Å². The zero-order chi connectivity index (χ0) is 26.9. The second-order valence-electron chi connectivity index (χ2n) is 10.4. The van der Waals surface area contributed by atoms with E-state index in [2.05, 4.69) is 0 Å². The minimum absolute atomic E-state index is 0.0699. The fourth-order valence-electron chi connectivity index (χ4n) is 4.57. The molecule has 196 valence electrons. The van der Waals surface area contributed by atoms with Gasteiger partial charge in [0.15, 0.2) is 0 Å². The molecule has 3 rings (SSSR count). The number of nitrogens with one attached hydrogen (secondary N) is 1. The van der Waals surface area contributed by atoms with E-state index in [-0.39, 0.29) is 28.8 Å². The molecule has 2 aromatic carbocycles. The summed E-state index contributed by atoms with van der Waals surface area (Å²) in [5.74, 6) is -2.16. The van der Waals surface area contributed by atoms with Crippen molar-refractivity contribution < 1.29 is 32.3 Å². The first kappa shape index (κ1) is 27.6. The van der Waals surface area contributed by atoms with Gasteiger partial charge in [0.1, 0.15) is 17.9 Å². The lowest BCUT2D eigenvalue weighted by atomic mass is 10.0. The highest BCUT2D eigenvalue weighted by Crippen LogP contribution is 2.40. The van der Waals surface area contributed by atoms with Crippen molar-refractivity contribution in [3.05, 3.63) is 62.5 Å². The van der Waals surface area contributed by atoms with E-state index in [4.69, 9.17) is 9.15 Å². The number of hydrogen-bond donors (Lipinski definition) is 1. The van der Waals surface area contributed by atoms with Crippen LogP contribution >= 0.6 is 0 Å². The third-order valence-corrected chi connectivity index (χ3v) is 6.13. The number of halogens is 3. The van der Waals surface area contributed by atoms with E-state index in [1.165, 1.54) is 12.1 Å². The molecular formula is C28H34F3NO4. The number of benzene rings is 2. The number of ether oxygens (including phenoxy) is 1. The predicted octanol–water partition coefficient (Wildman–Crippen LogP) is 5.30. The van der Waals surface area contributed by atoms with Crippen LogP contribution in [-0.4, -0.2) is 13.1 Å². The molecule has 0 aliphatic rings. The summed E-state index contributed by atoms with van der Waals surface area (Å²) in [6.45, 7) is 15.1. The van der Waals surface area contributed by atoms with Crippen LogP contribution in [-0.2, 0) is 12.7 Å². The first-order valence-corrected chi connectivity index (χ1v) is 12.1. The fraction of sp³-hybridized carbons (Fsp3) is 0.464. The summed E-state index contributed by atoms with van der Waals surface area (Å²) in [6, 6.07) is 5.90. The van der Waals surface area contributed by atoms with Gasteiger partial charge in [0.05, 0.1) is 18.5 Å². The summed E-state index contributed by atoms with van der Waals surface area (Å²) >= 11 is 0. The Morgan fingerprint density at radius 3 is 2.19 bits per heavy atom. The van der Waals surface area contributed by atoms with E-state index in [0.717, 1.165) is 29.1 Å². The van der Waals surface area contributed by atoms with E-state index >= 15 is 0 Å². The van der Waals surface area contributed by atoms with E-state index < -0.39 is 28.9 Å². The summed E-state index contributed by atoms with van der Waals surface area (Å²) < 4.78 is 53.5. The number of aryl methyl sites for hydroxylation is 2. The molecule has 0 saturated heterocycles. The number of hydrogen-bond acceptors (Lipinski definition) is 4. The maximum atomic E-state index is 14.2. The van der Waals surface area contributed by atoms with Gasteiger partial charge in [0.25, 0.3) is 5.76 Å². The average Bonchev–Trinajstić information content (AvgIpc) is 2.73. The Balaban J connectivity index is 2.24. The largest absolute Gasteiger partial charge is 0.872 e. The van der Waals surface area contributed by atoms with Gasteiger partial charge < -0.3 is 19.2 Å². The molecule has 0 saturated carbocycles. The first-order chi connectivity index (χ1) is 16.7. The van der Waals surface area contributed by atoms with Crippen molar-refractivity contribution in [2.45, 2.75) is 61.2 Å². The van der Waals surface area contributed by atoms with E-state index in [9.17, 15) is 23.1 Å². The van der Waals surface area contributed by atoms with Crippen molar-refractivity contribution in [1.29, 1.82) is 0 Å². The molecule has 36 heavy (non-hydrogen) atoms. The van der Waals surface area contributed by atoms with Gasteiger partial charge in [-0.3, -0.25) is 4.79 Å². The van der Waals surface area contributed by atoms with Gasteiger partial charge >= 0.3 is 6.18 Å². The number of fused-ring (bicyclic) bond motifs is 1. The van der Waals surface area contributed by atoms with Crippen molar-refractivity contribution in [3.8, 4) is 17.2 Å². The molecule has 0 bridgehead atoms. The number of alkyl halides is 3. The summed E-state index contributed by atoms with van der Waals surface area (Å²) in [6.07, 6.45) is -5.01. The van der Waals surface area contributed by atoms with Crippen molar-refractivity contribution in [2.75, 3.05) is 13.1 Å². The maximum absolute atomic E-state index is 14.2. The molecule has 0 spiro atoms. The van der Waals surface area contributed by atoms with Crippen molar-refractivity contribution in [3.63, 3.8) is 0 Å². The van der Waals surface area contributed by atoms with E-state index in [0.29, 0.717) is 17.4 Å². The van der Waals surface area contributed by atoms with Crippen LogP contribution in [0, 0.1) is 32.6 Å². The molecule has 0 unspecified atom stereocenters. The highest BCUT2D eigenvalue weighted by atomic mass is 19.4. The number of rotatable bonds is 8. The Kier molecular flexibility index (Phi) is 8.08. The Morgan fingerprint density at radius 1 is 1.03 bits per heavy atom. The monoisotopic (exact) mass is 505 g/mol. The molecule has 0 aliphatic heterocycles. The van der Waals surface area contributed by atoms with E-state index in [1.54, 1.807) is 19.9 Å². The molecule has 0 atom stereocenters. The Morgan fingerprint density at radius 2 is 1.64 bits per heavy atom. The molecule has 1 heterocycles. The SMILES string of the molecule is Cc1cc(C)c(C)c(Oc2c(C(F)(F)F)oc3c(C[NH+](CC(C)C)CC(C)C)c([O-])ccc3c2=O)c1. The molecule has 1 aromatic heterocycles. The van der Waals surface area contributed by atoms with Crippen LogP contribution in [0.2, 0.25) is 0 Å². The molecule has 0 fully saturated rings. The van der Waals surface area contributed by atoms with Crippen molar-refractivity contribution in [1.82, 2.24) is 0 Å². The minimum Gasteiger partial charge on any atom is -0.872 e. The van der Waals surface area contributed by atoms with Crippen molar-refractivity contribution >= 4 is 11.0 Å². The normalized spacial score (nSPS) is 12.4. The van der Waals surface area contributed by atoms with Gasteiger partial charge in [0.2, 0.25) is 11.2 Å². The van der Waals surface area contributed by atoms with Crippen LogP contribution in [0.5, 0.6) is 17.2 Å². The summed E-state index contributed by atoms with van der Waals surface area (Å²) in [7, 11) is 0. The van der Waals surface area contributed by atoms with Gasteiger partial charge in [0, 0.05) is 17.4 Å². The Hall–Kier alpha value is -3.00. The van der Waals surface area contributed by atoms with Gasteiger partial charge in [-0.25, -0.2) is 0 Å². The van der Waals surface area contributed by atoms with Crippen molar-refractivity contribution in [2.24, 2.45) is 11.8 Å². The summed E-state index contributed by atoms with van der Waals surface area (Å²) in [5.41, 5.74) is 1.00. The number of quaternary nitrogens is 1. The van der Waals surface area contributed by atoms with Gasteiger partial charge in [-0.15, -0.1) is 0 Å². The highest BCUT2D eigenvalue weighted by Gasteiger charge is 2.41. The molecule has 5 nitrogen and oxygen atoms in total. The summed E-state index contributed by atoms with van der Waals surface area (Å²) in [5, 5.41) is 12.7. The topological polar surface area (TPSA) is 66.9 Å². The second kappa shape index (κ2) is 10.5. The smallest absolute Gasteiger partial charge is 0.453 e. The maximum Gasteiger partial charge on any atom is 0.453 e. The highest BCUT2D eigenvalue weighted by molar-refractivity contribution is 5.83. The van der Waals surface area contributed by atoms with Crippen LogP contribution in [0.3, 0.4) is 0 Å². The fourth-order valence-corrected chi connectivity index (χ4v) is 4.57. The molecule has 8 heteroatoms. The van der Waals surface area contributed by atoms with E-state index in [1.807, 2.05) is 40.7 Å². The zero-order valence-electron chi connectivity index (χ0n) is 21.9. The molecule has 0 amide bonds. The molecule has 3 aromatic rings. The molecule has 0 aliphatic carbocycles. The molecule has 1 N–H and O–H groups in total. The molecular weight excluding hydrogens is 471 g/mol. The van der Waals surface area contributed by atoms with Crippen LogP contribution < -0.4 is 20.2 Å². The Labute approximate surface area is 209 Å². The lowest BCUT2D eigenvalue weighted by molar-refractivity contribution is -0.919. The minimum atomic E-state index is -5.01. The molecule has 0 radical (unpaired) electrons. The average molecular weight is 506 g/mol. The lowest BCUT2D eigenvalue weighted by Crippen LogP contribution is -3.11. The van der Waals surface area contributed by atoms with Crippen LogP contribution in [0.1, 0.15) is 55.7 Å².